The molecule has 0 aliphatic carbocycles. The molecule has 0 aromatic heterocycles. The van der Waals surface area contributed by atoms with Gasteiger partial charge in [-0.2, -0.15) is 0 Å². The number of nitrogens with zero attached hydrogens (tertiary/aromatic N) is 1. The van der Waals surface area contributed by atoms with Gasteiger partial charge in [0.25, 0.3) is 0 Å². The molecular formula is C9H17N3O2. The van der Waals surface area contributed by atoms with Crippen molar-refractivity contribution in [3.63, 3.8) is 0 Å². The first-order valence-electron chi connectivity index (χ1n) is 4.91. The Kier molecular flexibility index (Phi) is 4.39. The minimum absolute atomic E-state index is 0.0150. The first kappa shape index (κ1) is 11.0. The lowest BCUT2D eigenvalue weighted by molar-refractivity contribution is -0.107. The molecule has 0 atom stereocenters. The Morgan fingerprint density at radius 3 is 2.64 bits per heavy atom. The molecule has 0 radical (unpaired) electrons. The summed E-state index contributed by atoms with van der Waals surface area (Å²) in [7, 11) is 1.64. The number of amides is 2. The quantitative estimate of drug-likeness (QED) is 0.607. The molecule has 0 aromatic rings. The van der Waals surface area contributed by atoms with Gasteiger partial charge >= 0.3 is 6.03 Å². The van der Waals surface area contributed by atoms with E-state index in [4.69, 9.17) is 0 Å². The van der Waals surface area contributed by atoms with Crippen molar-refractivity contribution in [2.75, 3.05) is 26.7 Å². The molecule has 0 spiro atoms. The van der Waals surface area contributed by atoms with E-state index in [0.29, 0.717) is 12.6 Å². The average Bonchev–Trinajstić information content (AvgIpc) is 2.26. The number of aldehydes is 1. The van der Waals surface area contributed by atoms with E-state index in [1.807, 2.05) is 0 Å². The lowest BCUT2D eigenvalue weighted by Crippen LogP contribution is -2.47. The molecule has 14 heavy (non-hydrogen) atoms. The fraction of sp³-hybridized carbons (Fsp3) is 0.778. The van der Waals surface area contributed by atoms with Gasteiger partial charge in [0, 0.05) is 26.2 Å². The van der Waals surface area contributed by atoms with Crippen molar-refractivity contribution >= 4 is 12.3 Å². The number of carbonyl (C=O) groups is 2. The number of likely N-dealkylation sites (tertiary alicyclic amines) is 1. The molecular weight excluding hydrogens is 182 g/mol. The molecule has 1 aliphatic rings. The molecule has 2 amide bonds. The Hall–Kier alpha value is -1.10. The summed E-state index contributed by atoms with van der Waals surface area (Å²) < 4.78 is 0. The number of rotatable bonds is 3. The van der Waals surface area contributed by atoms with Gasteiger partial charge in [0.15, 0.2) is 0 Å². The van der Waals surface area contributed by atoms with Crippen LogP contribution >= 0.6 is 0 Å². The van der Waals surface area contributed by atoms with Gasteiger partial charge in [0.2, 0.25) is 0 Å². The molecule has 5 nitrogen and oxygen atoms in total. The highest BCUT2D eigenvalue weighted by molar-refractivity contribution is 5.73. The van der Waals surface area contributed by atoms with Gasteiger partial charge in [0.05, 0.1) is 6.54 Å². The molecule has 0 unspecified atom stereocenters. The van der Waals surface area contributed by atoms with E-state index in [9.17, 15) is 9.59 Å². The zero-order valence-electron chi connectivity index (χ0n) is 8.45. The second-order valence-corrected chi connectivity index (χ2v) is 3.39. The van der Waals surface area contributed by atoms with Gasteiger partial charge in [0.1, 0.15) is 6.29 Å². The van der Waals surface area contributed by atoms with E-state index in [-0.39, 0.29) is 6.03 Å². The molecule has 2 N–H and O–H groups in total. The molecule has 0 saturated carbocycles. The Bertz CT molecular complexity index is 200. The zero-order chi connectivity index (χ0) is 10.4. The normalized spacial score (nSPS) is 17.9. The molecule has 0 aromatic carbocycles. The Morgan fingerprint density at radius 1 is 1.50 bits per heavy atom. The Balaban J connectivity index is 2.24. The molecule has 1 heterocycles. The number of carbonyl (C=O) groups excluding carboxylic acids is 2. The van der Waals surface area contributed by atoms with Gasteiger partial charge in [-0.05, 0) is 12.8 Å². The van der Waals surface area contributed by atoms with Crippen LogP contribution in [0, 0.1) is 0 Å². The maximum Gasteiger partial charge on any atom is 0.317 e. The van der Waals surface area contributed by atoms with E-state index in [1.54, 1.807) is 11.9 Å². The van der Waals surface area contributed by atoms with E-state index < -0.39 is 0 Å². The highest BCUT2D eigenvalue weighted by atomic mass is 16.2. The minimum atomic E-state index is -0.0150. The smallest absolute Gasteiger partial charge is 0.317 e. The summed E-state index contributed by atoms with van der Waals surface area (Å²) in [6.07, 6.45) is 2.70. The van der Waals surface area contributed by atoms with E-state index >= 15 is 0 Å². The number of nitrogens with one attached hydrogen (secondary N) is 2. The summed E-state index contributed by atoms with van der Waals surface area (Å²) in [5, 5.41) is 5.73. The molecule has 1 fully saturated rings. The highest BCUT2D eigenvalue weighted by Gasteiger charge is 2.21. The second-order valence-electron chi connectivity index (χ2n) is 3.39. The van der Waals surface area contributed by atoms with E-state index in [1.165, 1.54) is 0 Å². The van der Waals surface area contributed by atoms with Gasteiger partial charge in [-0.25, -0.2) is 4.79 Å². The standard InChI is InChI=1S/C9H17N3O2/c1-10-9(14)12-5-2-8(3-6-12)11-4-7-13/h7-8,11H,2-6H2,1H3,(H,10,14). The lowest BCUT2D eigenvalue weighted by Gasteiger charge is -2.31. The van der Waals surface area contributed by atoms with Crippen molar-refractivity contribution in [2.45, 2.75) is 18.9 Å². The monoisotopic (exact) mass is 199 g/mol. The summed E-state index contributed by atoms with van der Waals surface area (Å²) in [5.41, 5.74) is 0. The van der Waals surface area contributed by atoms with Crippen LogP contribution < -0.4 is 10.6 Å². The third-order valence-corrected chi connectivity index (χ3v) is 2.49. The molecule has 80 valence electrons. The van der Waals surface area contributed by atoms with Crippen LogP contribution in [0.15, 0.2) is 0 Å². The van der Waals surface area contributed by atoms with Crippen LogP contribution in [-0.4, -0.2) is 49.9 Å². The molecule has 1 saturated heterocycles. The predicted octanol–water partition coefficient (Wildman–Crippen LogP) is -0.421. The van der Waals surface area contributed by atoms with Crippen LogP contribution in [-0.2, 0) is 4.79 Å². The van der Waals surface area contributed by atoms with Crippen molar-refractivity contribution in [3.8, 4) is 0 Å². The van der Waals surface area contributed by atoms with Crippen molar-refractivity contribution in [1.29, 1.82) is 0 Å². The SMILES string of the molecule is CNC(=O)N1CCC(NCC=O)CC1. The fourth-order valence-corrected chi connectivity index (χ4v) is 1.66. The maximum absolute atomic E-state index is 11.2. The highest BCUT2D eigenvalue weighted by Crippen LogP contribution is 2.09. The Labute approximate surface area is 83.8 Å². The number of hydrogen-bond donors (Lipinski definition) is 2. The summed E-state index contributed by atoms with van der Waals surface area (Å²) in [6, 6.07) is 0.361. The second kappa shape index (κ2) is 5.59. The summed E-state index contributed by atoms with van der Waals surface area (Å²) in [4.78, 5) is 23.1. The third kappa shape index (κ3) is 2.99. The van der Waals surface area contributed by atoms with Crippen LogP contribution in [0.5, 0.6) is 0 Å². The number of urea groups is 1. The van der Waals surface area contributed by atoms with Crippen LogP contribution in [0.1, 0.15) is 12.8 Å². The first-order chi connectivity index (χ1) is 6.77. The van der Waals surface area contributed by atoms with Crippen molar-refractivity contribution in [3.05, 3.63) is 0 Å². The summed E-state index contributed by atoms with van der Waals surface area (Å²) in [5.74, 6) is 0. The molecule has 0 bridgehead atoms. The number of hydrogen-bond acceptors (Lipinski definition) is 3. The fourth-order valence-electron chi connectivity index (χ4n) is 1.66. The lowest BCUT2D eigenvalue weighted by atomic mass is 10.1. The molecule has 5 heteroatoms. The van der Waals surface area contributed by atoms with Crippen LogP contribution in [0.4, 0.5) is 4.79 Å². The topological polar surface area (TPSA) is 61.4 Å². The minimum Gasteiger partial charge on any atom is -0.341 e. The van der Waals surface area contributed by atoms with Gasteiger partial charge in [-0.15, -0.1) is 0 Å². The predicted molar refractivity (Wildman–Crippen MR) is 53.1 cm³/mol. The van der Waals surface area contributed by atoms with Crippen LogP contribution in [0.3, 0.4) is 0 Å². The largest absolute Gasteiger partial charge is 0.341 e. The van der Waals surface area contributed by atoms with Gasteiger partial charge < -0.3 is 20.3 Å². The van der Waals surface area contributed by atoms with Crippen molar-refractivity contribution in [2.24, 2.45) is 0 Å². The van der Waals surface area contributed by atoms with Gasteiger partial charge in [-0.1, -0.05) is 0 Å². The molecule has 1 rings (SSSR count). The van der Waals surface area contributed by atoms with Crippen LogP contribution in [0.2, 0.25) is 0 Å². The van der Waals surface area contributed by atoms with Crippen molar-refractivity contribution < 1.29 is 9.59 Å². The zero-order valence-corrected chi connectivity index (χ0v) is 8.45. The average molecular weight is 199 g/mol. The number of piperidine rings is 1. The summed E-state index contributed by atoms with van der Waals surface area (Å²) in [6.45, 7) is 1.93. The third-order valence-electron chi connectivity index (χ3n) is 2.49. The van der Waals surface area contributed by atoms with E-state index in [0.717, 1.165) is 32.2 Å². The first-order valence-corrected chi connectivity index (χ1v) is 4.91. The van der Waals surface area contributed by atoms with E-state index in [2.05, 4.69) is 10.6 Å². The summed E-state index contributed by atoms with van der Waals surface area (Å²) >= 11 is 0. The van der Waals surface area contributed by atoms with Crippen LogP contribution in [0.25, 0.3) is 0 Å². The van der Waals surface area contributed by atoms with Gasteiger partial charge in [-0.3, -0.25) is 0 Å². The Morgan fingerprint density at radius 2 is 2.14 bits per heavy atom. The molecule has 1 aliphatic heterocycles. The van der Waals surface area contributed by atoms with Crippen molar-refractivity contribution in [1.82, 2.24) is 15.5 Å². The maximum atomic E-state index is 11.2.